The molecular weight excluding hydrogens is 412 g/mol. The lowest BCUT2D eigenvalue weighted by atomic mass is 9.86. The van der Waals surface area contributed by atoms with Gasteiger partial charge in [0.1, 0.15) is 0 Å². The van der Waals surface area contributed by atoms with Gasteiger partial charge in [0, 0.05) is 22.9 Å². The smallest absolute Gasteiger partial charge is 0.193 e. The average molecular weight is 445 g/mol. The summed E-state index contributed by atoms with van der Waals surface area (Å²) in [5.41, 5.74) is 4.72. The Balaban J connectivity index is 1.58. The first-order chi connectivity index (χ1) is 15.2. The van der Waals surface area contributed by atoms with Gasteiger partial charge in [0.15, 0.2) is 10.9 Å². The van der Waals surface area contributed by atoms with Gasteiger partial charge in [0.2, 0.25) is 0 Å². The van der Waals surface area contributed by atoms with Crippen LogP contribution in [0.5, 0.6) is 0 Å². The molecule has 1 atom stereocenters. The lowest BCUT2D eigenvalue weighted by Crippen LogP contribution is -2.36. The second kappa shape index (κ2) is 10.6. The van der Waals surface area contributed by atoms with Gasteiger partial charge in [-0.2, -0.15) is 0 Å². The van der Waals surface area contributed by atoms with E-state index < -0.39 is 0 Å². The summed E-state index contributed by atoms with van der Waals surface area (Å²) in [6, 6.07) is 26.0. The van der Waals surface area contributed by atoms with Crippen molar-refractivity contribution in [3.63, 3.8) is 0 Å². The Morgan fingerprint density at radius 3 is 2.25 bits per heavy atom. The summed E-state index contributed by atoms with van der Waals surface area (Å²) < 4.78 is 0. The standard InChI is InChI=1S/C28H32N2OS/c1-20(13-14-21-9-6-5-7-10-21)29-27(32)30-25-12-8-11-23(19-25)26(31)22-15-17-24(18-16-22)28(2,3)4/h5-12,15-20H,13-14H2,1-4H3,(H2,29,30,32)/t20-/m0/s1. The zero-order valence-corrected chi connectivity index (χ0v) is 20.1. The number of carbonyl (C=O) groups is 1. The molecule has 0 aliphatic rings. The molecule has 166 valence electrons. The highest BCUT2D eigenvalue weighted by Gasteiger charge is 2.15. The third kappa shape index (κ3) is 6.76. The Labute approximate surface area is 197 Å². The van der Waals surface area contributed by atoms with Crippen molar-refractivity contribution >= 4 is 28.8 Å². The van der Waals surface area contributed by atoms with E-state index in [-0.39, 0.29) is 17.2 Å². The average Bonchev–Trinajstić information content (AvgIpc) is 2.77. The topological polar surface area (TPSA) is 41.1 Å². The first-order valence-electron chi connectivity index (χ1n) is 11.1. The van der Waals surface area contributed by atoms with Gasteiger partial charge in [-0.3, -0.25) is 4.79 Å². The summed E-state index contributed by atoms with van der Waals surface area (Å²) in [6.45, 7) is 8.62. The molecule has 2 N–H and O–H groups in total. The number of benzene rings is 3. The number of hydrogen-bond acceptors (Lipinski definition) is 2. The van der Waals surface area contributed by atoms with Crippen molar-refractivity contribution in [3.8, 4) is 0 Å². The molecule has 0 spiro atoms. The van der Waals surface area contributed by atoms with Crippen molar-refractivity contribution in [1.82, 2.24) is 5.32 Å². The Morgan fingerprint density at radius 1 is 0.906 bits per heavy atom. The number of carbonyl (C=O) groups excluding carboxylic acids is 1. The van der Waals surface area contributed by atoms with Gasteiger partial charge in [-0.15, -0.1) is 0 Å². The molecule has 0 unspecified atom stereocenters. The zero-order valence-electron chi connectivity index (χ0n) is 19.3. The van der Waals surface area contributed by atoms with Gasteiger partial charge in [-0.1, -0.05) is 87.5 Å². The van der Waals surface area contributed by atoms with E-state index in [2.05, 4.69) is 62.6 Å². The quantitative estimate of drug-likeness (QED) is 0.321. The van der Waals surface area contributed by atoms with E-state index in [1.807, 2.05) is 54.6 Å². The molecule has 0 fully saturated rings. The monoisotopic (exact) mass is 444 g/mol. The summed E-state index contributed by atoms with van der Waals surface area (Å²) in [7, 11) is 0. The minimum Gasteiger partial charge on any atom is -0.360 e. The van der Waals surface area contributed by atoms with Crippen LogP contribution in [0.15, 0.2) is 78.9 Å². The first-order valence-corrected chi connectivity index (χ1v) is 11.5. The summed E-state index contributed by atoms with van der Waals surface area (Å²) in [5, 5.41) is 7.11. The minimum atomic E-state index is 0.00390. The molecule has 3 aromatic rings. The van der Waals surface area contributed by atoms with Crippen LogP contribution in [0, 0.1) is 0 Å². The molecule has 0 aromatic heterocycles. The van der Waals surface area contributed by atoms with Crippen LogP contribution in [-0.2, 0) is 11.8 Å². The minimum absolute atomic E-state index is 0.00390. The number of aryl methyl sites for hydroxylation is 1. The van der Waals surface area contributed by atoms with Gasteiger partial charge in [-0.25, -0.2) is 0 Å². The van der Waals surface area contributed by atoms with E-state index in [1.54, 1.807) is 0 Å². The molecule has 0 aliphatic carbocycles. The molecular formula is C28H32N2OS. The Kier molecular flexibility index (Phi) is 7.81. The maximum Gasteiger partial charge on any atom is 0.193 e. The van der Waals surface area contributed by atoms with Gasteiger partial charge in [0.25, 0.3) is 0 Å². The van der Waals surface area contributed by atoms with E-state index >= 15 is 0 Å². The van der Waals surface area contributed by atoms with Gasteiger partial charge in [-0.05, 0) is 60.7 Å². The van der Waals surface area contributed by atoms with E-state index in [1.165, 1.54) is 11.1 Å². The van der Waals surface area contributed by atoms with Crippen LogP contribution in [0.2, 0.25) is 0 Å². The summed E-state index contributed by atoms with van der Waals surface area (Å²) in [5.74, 6) is 0.00390. The largest absolute Gasteiger partial charge is 0.360 e. The normalized spacial score (nSPS) is 12.1. The molecule has 0 bridgehead atoms. The van der Waals surface area contributed by atoms with Crippen LogP contribution >= 0.6 is 12.2 Å². The third-order valence-electron chi connectivity index (χ3n) is 5.48. The van der Waals surface area contributed by atoms with Crippen molar-refractivity contribution in [2.75, 3.05) is 5.32 Å². The van der Waals surface area contributed by atoms with E-state index in [0.717, 1.165) is 18.5 Å². The van der Waals surface area contributed by atoms with E-state index in [9.17, 15) is 4.79 Å². The van der Waals surface area contributed by atoms with Crippen LogP contribution < -0.4 is 10.6 Å². The molecule has 3 aromatic carbocycles. The molecule has 0 radical (unpaired) electrons. The van der Waals surface area contributed by atoms with Crippen LogP contribution in [-0.4, -0.2) is 16.9 Å². The lowest BCUT2D eigenvalue weighted by Gasteiger charge is -2.19. The fourth-order valence-corrected chi connectivity index (χ4v) is 3.84. The fraction of sp³-hybridized carbons (Fsp3) is 0.286. The van der Waals surface area contributed by atoms with Crippen molar-refractivity contribution < 1.29 is 4.79 Å². The molecule has 0 heterocycles. The summed E-state index contributed by atoms with van der Waals surface area (Å²) in [6.07, 6.45) is 1.98. The van der Waals surface area contributed by atoms with Gasteiger partial charge in [0.05, 0.1) is 0 Å². The Bertz CT molecular complexity index is 1050. The molecule has 0 saturated carbocycles. The molecule has 4 heteroatoms. The van der Waals surface area contributed by atoms with Crippen molar-refractivity contribution in [2.45, 2.75) is 52.0 Å². The third-order valence-corrected chi connectivity index (χ3v) is 5.70. The van der Waals surface area contributed by atoms with Gasteiger partial charge < -0.3 is 10.6 Å². The summed E-state index contributed by atoms with van der Waals surface area (Å²) in [4.78, 5) is 13.0. The first kappa shape index (κ1) is 23.7. The second-order valence-electron chi connectivity index (χ2n) is 9.26. The predicted molar refractivity (Wildman–Crippen MR) is 139 cm³/mol. The van der Waals surface area contributed by atoms with Crippen molar-refractivity contribution in [2.24, 2.45) is 0 Å². The number of nitrogens with one attached hydrogen (secondary N) is 2. The number of ketones is 1. The van der Waals surface area contributed by atoms with Gasteiger partial charge >= 0.3 is 0 Å². The van der Waals surface area contributed by atoms with Crippen LogP contribution in [0.3, 0.4) is 0 Å². The maximum atomic E-state index is 13.0. The highest BCUT2D eigenvalue weighted by Crippen LogP contribution is 2.23. The SMILES string of the molecule is C[C@@H](CCc1ccccc1)NC(=S)Nc1cccc(C(=O)c2ccc(C(C)(C)C)cc2)c1. The molecule has 3 nitrogen and oxygen atoms in total. The lowest BCUT2D eigenvalue weighted by molar-refractivity contribution is 0.103. The van der Waals surface area contributed by atoms with E-state index in [0.29, 0.717) is 16.2 Å². The predicted octanol–water partition coefficient (Wildman–Crippen LogP) is 6.52. The Morgan fingerprint density at radius 2 is 1.59 bits per heavy atom. The Hall–Kier alpha value is -2.98. The summed E-state index contributed by atoms with van der Waals surface area (Å²) >= 11 is 5.49. The maximum absolute atomic E-state index is 13.0. The van der Waals surface area contributed by atoms with Crippen LogP contribution in [0.1, 0.15) is 61.2 Å². The fourth-order valence-electron chi connectivity index (χ4n) is 3.52. The molecule has 0 aliphatic heterocycles. The van der Waals surface area contributed by atoms with Crippen molar-refractivity contribution in [1.29, 1.82) is 0 Å². The van der Waals surface area contributed by atoms with Crippen LogP contribution in [0.4, 0.5) is 5.69 Å². The number of anilines is 1. The molecule has 32 heavy (non-hydrogen) atoms. The zero-order chi connectivity index (χ0) is 23.1. The highest BCUT2D eigenvalue weighted by atomic mass is 32.1. The number of rotatable bonds is 7. The molecule has 0 saturated heterocycles. The van der Waals surface area contributed by atoms with Crippen LogP contribution in [0.25, 0.3) is 0 Å². The molecule has 0 amide bonds. The number of hydrogen-bond donors (Lipinski definition) is 2. The van der Waals surface area contributed by atoms with Crippen molar-refractivity contribution in [3.05, 3.63) is 101 Å². The second-order valence-corrected chi connectivity index (χ2v) is 9.67. The number of thiocarbonyl (C=S) groups is 1. The highest BCUT2D eigenvalue weighted by molar-refractivity contribution is 7.80. The molecule has 3 rings (SSSR count). The van der Waals surface area contributed by atoms with E-state index in [4.69, 9.17) is 12.2 Å².